The Hall–Kier alpha value is -2.67. The highest BCUT2D eigenvalue weighted by atomic mass is 32.2. The van der Waals surface area contributed by atoms with Gasteiger partial charge in [0.05, 0.1) is 13.3 Å². The summed E-state index contributed by atoms with van der Waals surface area (Å²) in [5, 5.41) is 4.04. The van der Waals surface area contributed by atoms with Crippen molar-refractivity contribution in [3.8, 4) is 5.75 Å². The predicted molar refractivity (Wildman–Crippen MR) is 83.9 cm³/mol. The minimum absolute atomic E-state index is 0.189. The van der Waals surface area contributed by atoms with Crippen molar-refractivity contribution >= 4 is 22.1 Å². The number of hydrogen-bond donors (Lipinski definition) is 1. The standard InChI is InChI=1S/C15H13N3O3S/c1-21-12-6-4-5-11(9-12)10-16-17-15-13-7-2-3-8-14(13)22(19,20)18-15/h2-10H,1H3,(H,17,18)/b16-10+. The molecule has 0 fully saturated rings. The van der Waals surface area contributed by atoms with Crippen LogP contribution in [0.4, 0.5) is 0 Å². The predicted octanol–water partition coefficient (Wildman–Crippen LogP) is 1.77. The molecule has 6 nitrogen and oxygen atoms in total. The van der Waals surface area contributed by atoms with E-state index in [0.29, 0.717) is 5.56 Å². The van der Waals surface area contributed by atoms with Crippen LogP contribution in [0, 0.1) is 0 Å². The Labute approximate surface area is 128 Å². The minimum Gasteiger partial charge on any atom is -0.497 e. The number of hydrogen-bond acceptors (Lipinski definition) is 5. The monoisotopic (exact) mass is 315 g/mol. The normalized spacial score (nSPS) is 15.4. The lowest BCUT2D eigenvalue weighted by Gasteiger charge is -2.01. The summed E-state index contributed by atoms with van der Waals surface area (Å²) >= 11 is 0. The van der Waals surface area contributed by atoms with Crippen LogP contribution in [0.5, 0.6) is 5.75 Å². The zero-order valence-corrected chi connectivity index (χ0v) is 12.5. The maximum absolute atomic E-state index is 11.9. The highest BCUT2D eigenvalue weighted by Crippen LogP contribution is 2.24. The van der Waals surface area contributed by atoms with E-state index in [2.05, 4.69) is 14.9 Å². The van der Waals surface area contributed by atoms with Crippen molar-refractivity contribution in [2.75, 3.05) is 7.11 Å². The van der Waals surface area contributed by atoms with Gasteiger partial charge < -0.3 is 4.74 Å². The van der Waals surface area contributed by atoms with Crippen molar-refractivity contribution in [1.29, 1.82) is 0 Å². The van der Waals surface area contributed by atoms with E-state index in [1.54, 1.807) is 31.5 Å². The van der Waals surface area contributed by atoms with Crippen LogP contribution in [0.15, 0.2) is 62.9 Å². The maximum Gasteiger partial charge on any atom is 0.285 e. The number of amidine groups is 1. The van der Waals surface area contributed by atoms with Crippen LogP contribution in [0.3, 0.4) is 0 Å². The Morgan fingerprint density at radius 2 is 2.00 bits per heavy atom. The first-order valence-corrected chi connectivity index (χ1v) is 7.92. The number of sulfonamides is 1. The molecule has 0 aromatic heterocycles. The van der Waals surface area contributed by atoms with E-state index in [9.17, 15) is 8.42 Å². The second-order valence-corrected chi connectivity index (χ2v) is 6.13. The van der Waals surface area contributed by atoms with E-state index in [1.807, 2.05) is 24.3 Å². The Balaban J connectivity index is 1.81. The highest BCUT2D eigenvalue weighted by molar-refractivity contribution is 7.90. The molecule has 1 aliphatic heterocycles. The molecule has 0 radical (unpaired) electrons. The summed E-state index contributed by atoms with van der Waals surface area (Å²) in [4.78, 5) is 0.189. The molecule has 1 aliphatic rings. The van der Waals surface area contributed by atoms with Gasteiger partial charge in [-0.05, 0) is 29.8 Å². The summed E-state index contributed by atoms with van der Waals surface area (Å²) in [6.07, 6.45) is 1.57. The van der Waals surface area contributed by atoms with Crippen LogP contribution in [-0.2, 0) is 10.0 Å². The number of ether oxygens (including phenoxy) is 1. The Bertz CT molecular complexity index is 873. The van der Waals surface area contributed by atoms with Crippen molar-refractivity contribution in [1.82, 2.24) is 5.43 Å². The molecule has 0 atom stereocenters. The van der Waals surface area contributed by atoms with E-state index in [1.165, 1.54) is 6.07 Å². The summed E-state index contributed by atoms with van der Waals surface area (Å²) in [5.41, 5.74) is 4.02. The van der Waals surface area contributed by atoms with Crippen molar-refractivity contribution in [3.05, 3.63) is 59.7 Å². The molecule has 0 saturated heterocycles. The van der Waals surface area contributed by atoms with Gasteiger partial charge in [0.2, 0.25) is 0 Å². The third kappa shape index (κ3) is 2.71. The topological polar surface area (TPSA) is 80.1 Å². The molecule has 2 aromatic rings. The number of benzene rings is 2. The van der Waals surface area contributed by atoms with Crippen LogP contribution >= 0.6 is 0 Å². The number of methoxy groups -OCH3 is 1. The smallest absolute Gasteiger partial charge is 0.285 e. The molecule has 2 aromatic carbocycles. The summed E-state index contributed by atoms with van der Waals surface area (Å²) in [6.45, 7) is 0. The summed E-state index contributed by atoms with van der Waals surface area (Å²) in [6, 6.07) is 14.0. The van der Waals surface area contributed by atoms with Gasteiger partial charge in [0, 0.05) is 5.56 Å². The largest absolute Gasteiger partial charge is 0.497 e. The number of hydrazone groups is 1. The van der Waals surface area contributed by atoms with Gasteiger partial charge in [-0.15, -0.1) is 4.40 Å². The Morgan fingerprint density at radius 1 is 1.18 bits per heavy atom. The quantitative estimate of drug-likeness (QED) is 0.691. The highest BCUT2D eigenvalue weighted by Gasteiger charge is 2.28. The lowest BCUT2D eigenvalue weighted by atomic mass is 10.2. The molecule has 0 saturated carbocycles. The first-order valence-electron chi connectivity index (χ1n) is 6.48. The number of rotatable bonds is 3. The molecule has 3 rings (SSSR count). The van der Waals surface area contributed by atoms with Crippen molar-refractivity contribution in [2.24, 2.45) is 9.50 Å². The number of nitrogens with zero attached hydrogens (tertiary/aromatic N) is 2. The zero-order chi connectivity index (χ0) is 15.6. The van der Waals surface area contributed by atoms with Gasteiger partial charge in [-0.25, -0.2) is 0 Å². The van der Waals surface area contributed by atoms with Gasteiger partial charge in [0.15, 0.2) is 5.84 Å². The van der Waals surface area contributed by atoms with Crippen LogP contribution in [-0.4, -0.2) is 27.6 Å². The maximum atomic E-state index is 11.9. The van der Waals surface area contributed by atoms with E-state index in [0.717, 1.165) is 11.3 Å². The van der Waals surface area contributed by atoms with E-state index < -0.39 is 10.0 Å². The molecule has 1 heterocycles. The molecule has 7 heteroatoms. The zero-order valence-electron chi connectivity index (χ0n) is 11.7. The fourth-order valence-electron chi connectivity index (χ4n) is 2.08. The third-order valence-corrected chi connectivity index (χ3v) is 4.44. The fraction of sp³-hybridized carbons (Fsp3) is 0.0667. The molecular weight excluding hydrogens is 302 g/mol. The van der Waals surface area contributed by atoms with Crippen LogP contribution in [0.25, 0.3) is 0 Å². The summed E-state index contributed by atoms with van der Waals surface area (Å²) in [7, 11) is -2.04. The van der Waals surface area contributed by atoms with Gasteiger partial charge in [0.1, 0.15) is 10.6 Å². The van der Waals surface area contributed by atoms with E-state index >= 15 is 0 Å². The minimum atomic E-state index is -3.63. The Morgan fingerprint density at radius 3 is 2.82 bits per heavy atom. The van der Waals surface area contributed by atoms with Crippen LogP contribution in [0.1, 0.15) is 11.1 Å². The number of nitrogens with one attached hydrogen (secondary N) is 1. The molecule has 0 aliphatic carbocycles. The molecular formula is C15H13N3O3S. The van der Waals surface area contributed by atoms with E-state index in [-0.39, 0.29) is 10.7 Å². The Kier molecular flexibility index (Phi) is 3.64. The van der Waals surface area contributed by atoms with Crippen molar-refractivity contribution < 1.29 is 13.2 Å². The molecule has 1 N–H and O–H groups in total. The molecule has 22 heavy (non-hydrogen) atoms. The molecule has 0 unspecified atom stereocenters. The summed E-state index contributed by atoms with van der Waals surface area (Å²) < 4.78 is 32.6. The lowest BCUT2D eigenvalue weighted by molar-refractivity contribution is 0.415. The van der Waals surface area contributed by atoms with Crippen molar-refractivity contribution in [2.45, 2.75) is 4.90 Å². The second-order valence-electron chi connectivity index (χ2n) is 4.56. The van der Waals surface area contributed by atoms with Gasteiger partial charge in [0.25, 0.3) is 10.0 Å². The SMILES string of the molecule is COc1cccc(/C=N/NC2=NS(=O)(=O)c3ccccc32)c1. The molecule has 0 amide bonds. The first-order chi connectivity index (χ1) is 10.6. The second kappa shape index (κ2) is 5.61. The third-order valence-electron chi connectivity index (χ3n) is 3.11. The van der Waals surface area contributed by atoms with Crippen LogP contribution in [0.2, 0.25) is 0 Å². The molecule has 112 valence electrons. The summed E-state index contributed by atoms with van der Waals surface area (Å²) in [5.74, 6) is 0.935. The lowest BCUT2D eigenvalue weighted by Crippen LogP contribution is -2.17. The average Bonchev–Trinajstić information content (AvgIpc) is 2.79. The van der Waals surface area contributed by atoms with Gasteiger partial charge in [-0.1, -0.05) is 24.3 Å². The van der Waals surface area contributed by atoms with Gasteiger partial charge in [-0.3, -0.25) is 5.43 Å². The average molecular weight is 315 g/mol. The fourth-order valence-corrected chi connectivity index (χ4v) is 3.25. The van der Waals surface area contributed by atoms with Crippen LogP contribution < -0.4 is 10.2 Å². The van der Waals surface area contributed by atoms with Crippen molar-refractivity contribution in [3.63, 3.8) is 0 Å². The van der Waals surface area contributed by atoms with E-state index in [4.69, 9.17) is 4.74 Å². The first kappa shape index (κ1) is 14.3. The number of fused-ring (bicyclic) bond motifs is 1. The van der Waals surface area contributed by atoms with Gasteiger partial charge in [-0.2, -0.15) is 13.5 Å². The molecule has 0 bridgehead atoms. The molecule has 0 spiro atoms. The van der Waals surface area contributed by atoms with Gasteiger partial charge >= 0.3 is 0 Å².